The van der Waals surface area contributed by atoms with Gasteiger partial charge in [-0.05, 0) is 18.6 Å². The minimum absolute atomic E-state index is 0.107. The number of aliphatic hydroxyl groups is 1. The monoisotopic (exact) mass is 353 g/mol. The van der Waals surface area contributed by atoms with E-state index in [1.165, 1.54) is 4.31 Å². The molecule has 1 amide bonds. The summed E-state index contributed by atoms with van der Waals surface area (Å²) in [4.78, 5) is 15.0. The van der Waals surface area contributed by atoms with E-state index in [4.69, 9.17) is 0 Å². The van der Waals surface area contributed by atoms with Gasteiger partial charge < -0.3 is 10.0 Å². The number of carbonyl (C=O) groups excluding carboxylic acids is 1. The van der Waals surface area contributed by atoms with Gasteiger partial charge in [0.1, 0.15) is 0 Å². The van der Waals surface area contributed by atoms with E-state index in [2.05, 4.69) is 4.90 Å². The summed E-state index contributed by atoms with van der Waals surface area (Å²) in [5.41, 5.74) is 0. The highest BCUT2D eigenvalue weighted by atomic mass is 32.2. The lowest BCUT2D eigenvalue weighted by Gasteiger charge is -2.29. The highest BCUT2D eigenvalue weighted by molar-refractivity contribution is 7.89. The Morgan fingerprint density at radius 2 is 1.79 bits per heavy atom. The highest BCUT2D eigenvalue weighted by Crippen LogP contribution is 2.24. The van der Waals surface area contributed by atoms with Crippen LogP contribution in [0.2, 0.25) is 0 Å². The Balaban J connectivity index is 1.72. The molecule has 0 aliphatic carbocycles. The quantitative estimate of drug-likeness (QED) is 0.744. The summed E-state index contributed by atoms with van der Waals surface area (Å²) in [6, 6.07) is 8.08. The van der Waals surface area contributed by atoms with Crippen LogP contribution in [0.5, 0.6) is 0 Å². The molecule has 3 rings (SSSR count). The second kappa shape index (κ2) is 7.18. The molecule has 1 N–H and O–H groups in total. The molecule has 2 aliphatic rings. The van der Waals surface area contributed by atoms with Crippen molar-refractivity contribution in [1.29, 1.82) is 0 Å². The first kappa shape index (κ1) is 17.3. The maximum atomic E-state index is 12.7. The van der Waals surface area contributed by atoms with Gasteiger partial charge >= 0.3 is 0 Å². The Labute approximate surface area is 142 Å². The normalized spacial score (nSPS) is 27.1. The lowest BCUT2D eigenvalue weighted by molar-refractivity contribution is -0.118. The zero-order valence-corrected chi connectivity index (χ0v) is 14.3. The van der Waals surface area contributed by atoms with Crippen LogP contribution in [0.25, 0.3) is 0 Å². The fraction of sp³-hybridized carbons (Fsp3) is 0.562. The van der Waals surface area contributed by atoms with Crippen molar-refractivity contribution in [3.05, 3.63) is 30.3 Å². The van der Waals surface area contributed by atoms with Gasteiger partial charge in [0.05, 0.1) is 17.0 Å². The fourth-order valence-corrected chi connectivity index (χ4v) is 4.92. The highest BCUT2D eigenvalue weighted by Gasteiger charge is 2.41. The van der Waals surface area contributed by atoms with E-state index in [-0.39, 0.29) is 24.0 Å². The molecule has 8 heteroatoms. The average Bonchev–Trinajstić information content (AvgIpc) is 2.84. The van der Waals surface area contributed by atoms with Crippen LogP contribution >= 0.6 is 0 Å². The van der Waals surface area contributed by atoms with Gasteiger partial charge in [0.15, 0.2) is 0 Å². The Kier molecular flexibility index (Phi) is 5.19. The van der Waals surface area contributed by atoms with Gasteiger partial charge in [0.25, 0.3) is 0 Å². The molecule has 2 aliphatic heterocycles. The van der Waals surface area contributed by atoms with E-state index in [9.17, 15) is 18.3 Å². The van der Waals surface area contributed by atoms with Crippen LogP contribution in [-0.4, -0.2) is 85.5 Å². The van der Waals surface area contributed by atoms with Gasteiger partial charge in [-0.15, -0.1) is 0 Å². The molecule has 1 aromatic carbocycles. The number of aliphatic hydroxyl groups excluding tert-OH is 1. The minimum atomic E-state index is -3.59. The van der Waals surface area contributed by atoms with Crippen molar-refractivity contribution in [2.45, 2.75) is 23.5 Å². The van der Waals surface area contributed by atoms with Gasteiger partial charge in [-0.25, -0.2) is 8.42 Å². The van der Waals surface area contributed by atoms with Crippen LogP contribution in [0.4, 0.5) is 0 Å². The number of β-amino-alcohol motifs (C(OH)–C–C–N with tert-alkyl or cyclic N) is 1. The van der Waals surface area contributed by atoms with E-state index in [0.717, 1.165) is 19.4 Å². The second-order valence-electron chi connectivity index (χ2n) is 6.30. The zero-order chi connectivity index (χ0) is 17.2. The third-order valence-corrected chi connectivity index (χ3v) is 6.64. The number of carbonyl (C=O) groups is 1. The summed E-state index contributed by atoms with van der Waals surface area (Å²) in [6.07, 6.45) is 0.958. The molecule has 132 valence electrons. The van der Waals surface area contributed by atoms with Crippen LogP contribution in [0.15, 0.2) is 35.2 Å². The maximum absolute atomic E-state index is 12.7. The predicted molar refractivity (Wildman–Crippen MR) is 88.8 cm³/mol. The van der Waals surface area contributed by atoms with Crippen LogP contribution in [-0.2, 0) is 14.8 Å². The summed E-state index contributed by atoms with van der Waals surface area (Å²) in [6.45, 7) is 3.10. The zero-order valence-electron chi connectivity index (χ0n) is 13.5. The molecule has 1 aromatic rings. The minimum Gasteiger partial charge on any atom is -0.390 e. The smallest absolute Gasteiger partial charge is 0.243 e. The van der Waals surface area contributed by atoms with Crippen LogP contribution < -0.4 is 0 Å². The average molecular weight is 353 g/mol. The molecule has 2 fully saturated rings. The van der Waals surface area contributed by atoms with E-state index >= 15 is 0 Å². The summed E-state index contributed by atoms with van der Waals surface area (Å²) in [5, 5.41) is 10.4. The number of sulfonamides is 1. The Hall–Kier alpha value is -1.48. The van der Waals surface area contributed by atoms with Gasteiger partial charge in [0, 0.05) is 39.3 Å². The molecule has 0 spiro atoms. The van der Waals surface area contributed by atoms with Crippen molar-refractivity contribution in [2.24, 2.45) is 0 Å². The predicted octanol–water partition coefficient (Wildman–Crippen LogP) is -0.415. The molecule has 0 unspecified atom stereocenters. The Morgan fingerprint density at radius 1 is 1.04 bits per heavy atom. The van der Waals surface area contributed by atoms with Crippen molar-refractivity contribution in [1.82, 2.24) is 14.1 Å². The Morgan fingerprint density at radius 3 is 2.50 bits per heavy atom. The number of amides is 1. The SMILES string of the molecule is O=CN1CCCN([C@@H]2CN(S(=O)(=O)c3ccccc3)C[C@H]2O)CC1. The number of nitrogens with zero attached hydrogens (tertiary/aromatic N) is 3. The summed E-state index contributed by atoms with van der Waals surface area (Å²) in [5.74, 6) is 0. The molecular weight excluding hydrogens is 330 g/mol. The van der Waals surface area contributed by atoms with Crippen molar-refractivity contribution in [2.75, 3.05) is 39.3 Å². The third-order valence-electron chi connectivity index (χ3n) is 4.79. The molecule has 2 heterocycles. The van der Waals surface area contributed by atoms with Crippen LogP contribution in [0, 0.1) is 0 Å². The molecule has 0 aromatic heterocycles. The maximum Gasteiger partial charge on any atom is 0.243 e. The van der Waals surface area contributed by atoms with Crippen molar-refractivity contribution < 1.29 is 18.3 Å². The molecule has 2 atom stereocenters. The molecule has 2 saturated heterocycles. The number of hydrogen-bond donors (Lipinski definition) is 1. The van der Waals surface area contributed by atoms with Crippen molar-refractivity contribution in [3.8, 4) is 0 Å². The van der Waals surface area contributed by atoms with Crippen molar-refractivity contribution >= 4 is 16.4 Å². The topological polar surface area (TPSA) is 81.2 Å². The first-order chi connectivity index (χ1) is 11.5. The molecule has 0 bridgehead atoms. The second-order valence-corrected chi connectivity index (χ2v) is 8.24. The molecular formula is C16H23N3O4S. The lowest BCUT2D eigenvalue weighted by Crippen LogP contribution is -2.45. The van der Waals surface area contributed by atoms with Crippen LogP contribution in [0.3, 0.4) is 0 Å². The number of benzene rings is 1. The third kappa shape index (κ3) is 3.46. The summed E-state index contributed by atoms with van der Waals surface area (Å²) >= 11 is 0. The van der Waals surface area contributed by atoms with E-state index in [1.807, 2.05) is 0 Å². The largest absolute Gasteiger partial charge is 0.390 e. The van der Waals surface area contributed by atoms with Crippen molar-refractivity contribution in [3.63, 3.8) is 0 Å². The number of hydrogen-bond acceptors (Lipinski definition) is 5. The van der Waals surface area contributed by atoms with Gasteiger partial charge in [-0.1, -0.05) is 18.2 Å². The van der Waals surface area contributed by atoms with E-state index in [1.54, 1.807) is 35.2 Å². The summed E-state index contributed by atoms with van der Waals surface area (Å²) < 4.78 is 26.8. The Bertz CT molecular complexity index is 667. The first-order valence-electron chi connectivity index (χ1n) is 8.19. The summed E-state index contributed by atoms with van der Waals surface area (Å²) in [7, 11) is -3.59. The van der Waals surface area contributed by atoms with E-state index < -0.39 is 16.1 Å². The van der Waals surface area contributed by atoms with E-state index in [0.29, 0.717) is 19.6 Å². The molecule has 7 nitrogen and oxygen atoms in total. The lowest BCUT2D eigenvalue weighted by atomic mass is 10.2. The first-order valence-corrected chi connectivity index (χ1v) is 9.63. The van der Waals surface area contributed by atoms with Crippen LogP contribution in [0.1, 0.15) is 6.42 Å². The molecule has 0 radical (unpaired) electrons. The standard InChI is InChI=1S/C16H23N3O4S/c20-13-17-7-4-8-18(10-9-17)15-11-19(12-16(15)21)24(22,23)14-5-2-1-3-6-14/h1-3,5-6,13,15-16,21H,4,7-12H2/t15-,16-/m1/s1. The molecule has 0 saturated carbocycles. The van der Waals surface area contributed by atoms with Gasteiger partial charge in [-0.2, -0.15) is 4.31 Å². The van der Waals surface area contributed by atoms with Gasteiger partial charge in [-0.3, -0.25) is 9.69 Å². The molecule has 24 heavy (non-hydrogen) atoms. The number of rotatable bonds is 4. The van der Waals surface area contributed by atoms with Gasteiger partial charge in [0.2, 0.25) is 16.4 Å². The fourth-order valence-electron chi connectivity index (χ4n) is 3.43.